The predicted molar refractivity (Wildman–Crippen MR) is 244 cm³/mol. The Balaban J connectivity index is 1.07. The van der Waals surface area contributed by atoms with E-state index in [0.717, 1.165) is 44.9 Å². The number of hydrogen-bond acceptors (Lipinski definition) is 1. The lowest BCUT2D eigenvalue weighted by molar-refractivity contribution is 0.493. The van der Waals surface area contributed by atoms with Crippen molar-refractivity contribution in [2.75, 3.05) is 0 Å². The molecule has 9 aromatic carbocycles. The lowest BCUT2D eigenvalue weighted by Gasteiger charge is -2.39. The minimum atomic E-state index is -2.80. The molecule has 0 saturated heterocycles. The van der Waals surface area contributed by atoms with E-state index in [1.807, 2.05) is 0 Å². The molecule has 0 fully saturated rings. The van der Waals surface area contributed by atoms with E-state index in [9.17, 15) is 0 Å². The normalized spacial score (nSPS) is 13.1. The zero-order valence-electron chi connectivity index (χ0n) is 31.6. The molecular formula is C54H36N2OSi. The molecule has 4 heteroatoms. The first kappa shape index (κ1) is 32.8. The van der Waals surface area contributed by atoms with Crippen LogP contribution in [0, 0.1) is 0 Å². The molecule has 3 heterocycles. The van der Waals surface area contributed by atoms with Crippen molar-refractivity contribution >= 4 is 72.4 Å². The highest BCUT2D eigenvalue weighted by atomic mass is 28.3. The van der Waals surface area contributed by atoms with Crippen LogP contribution in [0.3, 0.4) is 0 Å². The minimum Gasteiger partial charge on any atom is -0.457 e. The van der Waals surface area contributed by atoms with Crippen LogP contribution in [0.1, 0.15) is 0 Å². The lowest BCUT2D eigenvalue weighted by Crippen LogP contribution is -2.76. The van der Waals surface area contributed by atoms with E-state index in [2.05, 4.69) is 228 Å². The number of benzene rings is 9. The van der Waals surface area contributed by atoms with Gasteiger partial charge in [0.05, 0.1) is 27.5 Å². The molecule has 1 aliphatic heterocycles. The zero-order chi connectivity index (χ0) is 38.2. The molecule has 0 aliphatic carbocycles. The Morgan fingerprint density at radius 2 is 0.828 bits per heavy atom. The summed E-state index contributed by atoms with van der Waals surface area (Å²) < 4.78 is 12.0. The van der Waals surface area contributed by atoms with Gasteiger partial charge < -0.3 is 13.9 Å². The van der Waals surface area contributed by atoms with Crippen LogP contribution in [0.5, 0.6) is 11.5 Å². The summed E-state index contributed by atoms with van der Waals surface area (Å²) in [6, 6.07) is 79.8. The third-order valence-corrected chi connectivity index (χ3v) is 17.1. The average Bonchev–Trinajstić information content (AvgIpc) is 3.82. The number of nitrogens with zero attached hydrogens (tertiary/aromatic N) is 2. The molecule has 2 aromatic heterocycles. The Bertz CT molecular complexity index is 3290. The molecule has 0 radical (unpaired) electrons. The summed E-state index contributed by atoms with van der Waals surface area (Å²) in [7, 11) is -2.80. The number of fused-ring (bicyclic) bond motifs is 9. The van der Waals surface area contributed by atoms with E-state index >= 15 is 0 Å². The van der Waals surface area contributed by atoms with Gasteiger partial charge in [-0.25, -0.2) is 0 Å². The second-order valence-electron chi connectivity index (χ2n) is 15.2. The molecule has 0 N–H and O–H groups in total. The molecule has 58 heavy (non-hydrogen) atoms. The SMILES string of the molecule is c1ccc([Si]2(c3ccccc3)c3ccccc3Oc3c2ccc2c3c3ccccc3n2-c2cccc(-c3cccc(-n4c5ccccc5c5ccccc54)c3)c2)cc1. The molecular weight excluding hydrogens is 721 g/mol. The van der Waals surface area contributed by atoms with Crippen LogP contribution in [-0.2, 0) is 0 Å². The molecule has 0 amide bonds. The van der Waals surface area contributed by atoms with Crippen LogP contribution in [-0.4, -0.2) is 17.2 Å². The maximum Gasteiger partial charge on any atom is 0.188 e. The maximum atomic E-state index is 7.17. The molecule has 0 spiro atoms. The summed E-state index contributed by atoms with van der Waals surface area (Å²) in [4.78, 5) is 0. The molecule has 1 aliphatic rings. The molecule has 0 unspecified atom stereocenters. The number of ether oxygens (including phenoxy) is 1. The third-order valence-electron chi connectivity index (χ3n) is 12.2. The molecule has 272 valence electrons. The molecule has 11 aromatic rings. The molecule has 0 atom stereocenters. The third kappa shape index (κ3) is 4.67. The minimum absolute atomic E-state index is 0.934. The van der Waals surface area contributed by atoms with E-state index in [-0.39, 0.29) is 0 Å². The van der Waals surface area contributed by atoms with Crippen LogP contribution in [0.4, 0.5) is 0 Å². The van der Waals surface area contributed by atoms with Gasteiger partial charge in [0.25, 0.3) is 0 Å². The van der Waals surface area contributed by atoms with Crippen molar-refractivity contribution in [2.45, 2.75) is 0 Å². The van der Waals surface area contributed by atoms with Crippen LogP contribution in [0.15, 0.2) is 218 Å². The largest absolute Gasteiger partial charge is 0.457 e. The number of para-hydroxylation sites is 4. The summed E-state index contributed by atoms with van der Waals surface area (Å²) in [5.41, 5.74) is 9.27. The number of rotatable bonds is 5. The first-order chi connectivity index (χ1) is 28.8. The van der Waals surface area contributed by atoms with Crippen molar-refractivity contribution in [3.63, 3.8) is 0 Å². The molecule has 0 bridgehead atoms. The van der Waals surface area contributed by atoms with Gasteiger partial charge in [-0.3, -0.25) is 0 Å². The molecule has 3 nitrogen and oxygen atoms in total. The second-order valence-corrected chi connectivity index (χ2v) is 19.0. The summed E-state index contributed by atoms with van der Waals surface area (Å²) in [5, 5.41) is 10.1. The quantitative estimate of drug-likeness (QED) is 0.160. The fourth-order valence-corrected chi connectivity index (χ4v) is 14.8. The fourth-order valence-electron chi connectivity index (χ4n) is 9.84. The monoisotopic (exact) mass is 756 g/mol. The number of hydrogen-bond donors (Lipinski definition) is 0. The maximum absolute atomic E-state index is 7.17. The van der Waals surface area contributed by atoms with Crippen molar-refractivity contribution in [1.82, 2.24) is 9.13 Å². The van der Waals surface area contributed by atoms with Gasteiger partial charge in [0.2, 0.25) is 0 Å². The van der Waals surface area contributed by atoms with Gasteiger partial charge in [-0.15, -0.1) is 0 Å². The Labute approximate surface area is 337 Å². The Morgan fingerprint density at radius 3 is 1.43 bits per heavy atom. The van der Waals surface area contributed by atoms with Crippen molar-refractivity contribution in [3.05, 3.63) is 218 Å². The Kier molecular flexibility index (Phi) is 7.25. The second kappa shape index (κ2) is 12.8. The van der Waals surface area contributed by atoms with Crippen molar-refractivity contribution in [3.8, 4) is 34.0 Å². The van der Waals surface area contributed by atoms with E-state index in [1.54, 1.807) is 0 Å². The molecule has 12 rings (SSSR count). The highest BCUT2D eigenvalue weighted by Crippen LogP contribution is 2.42. The van der Waals surface area contributed by atoms with Crippen molar-refractivity contribution < 1.29 is 4.74 Å². The van der Waals surface area contributed by atoms with Crippen LogP contribution in [0.25, 0.3) is 66.1 Å². The van der Waals surface area contributed by atoms with Gasteiger partial charge >= 0.3 is 0 Å². The topological polar surface area (TPSA) is 19.1 Å². The highest BCUT2D eigenvalue weighted by molar-refractivity contribution is 7.21. The highest BCUT2D eigenvalue weighted by Gasteiger charge is 2.48. The van der Waals surface area contributed by atoms with Gasteiger partial charge in [0.1, 0.15) is 11.5 Å². The fraction of sp³-hybridized carbons (Fsp3) is 0. The molecule has 0 saturated carbocycles. The van der Waals surface area contributed by atoms with Gasteiger partial charge in [-0.05, 0) is 86.5 Å². The first-order valence-electron chi connectivity index (χ1n) is 19.9. The van der Waals surface area contributed by atoms with E-state index < -0.39 is 8.07 Å². The zero-order valence-corrected chi connectivity index (χ0v) is 32.6. The van der Waals surface area contributed by atoms with Crippen molar-refractivity contribution in [2.24, 2.45) is 0 Å². The van der Waals surface area contributed by atoms with E-state index in [4.69, 9.17) is 4.74 Å². The number of aromatic nitrogens is 2. The Morgan fingerprint density at radius 1 is 0.345 bits per heavy atom. The van der Waals surface area contributed by atoms with Gasteiger partial charge in [0, 0.05) is 27.5 Å². The summed E-state index contributed by atoms with van der Waals surface area (Å²) in [6.45, 7) is 0. The van der Waals surface area contributed by atoms with Crippen LogP contribution < -0.4 is 25.5 Å². The van der Waals surface area contributed by atoms with Gasteiger partial charge in [-0.2, -0.15) is 0 Å². The lowest BCUT2D eigenvalue weighted by atomic mass is 10.0. The van der Waals surface area contributed by atoms with E-state index in [1.165, 1.54) is 53.5 Å². The first-order valence-corrected chi connectivity index (χ1v) is 21.9. The van der Waals surface area contributed by atoms with Crippen molar-refractivity contribution in [1.29, 1.82) is 0 Å². The summed E-state index contributed by atoms with van der Waals surface area (Å²) >= 11 is 0. The van der Waals surface area contributed by atoms with Gasteiger partial charge in [0.15, 0.2) is 8.07 Å². The van der Waals surface area contributed by atoms with Crippen LogP contribution >= 0.6 is 0 Å². The van der Waals surface area contributed by atoms with Gasteiger partial charge in [-0.1, -0.05) is 164 Å². The Hall–Kier alpha value is -7.40. The summed E-state index contributed by atoms with van der Waals surface area (Å²) in [6.07, 6.45) is 0. The predicted octanol–water partition coefficient (Wildman–Crippen LogP) is 11.0. The average molecular weight is 757 g/mol. The van der Waals surface area contributed by atoms with E-state index in [0.29, 0.717) is 0 Å². The standard InChI is InChI=1S/C54H36N2OSi/c1-3-21-41(22-4-1)58(42-23-5-2-6-24-42)51-32-14-13-31-50(51)57-54-52(58)34-33-49-53(54)45-27-9-12-30-48(45)56(49)40-20-16-18-38(36-40)37-17-15-19-39(35-37)55-46-28-10-7-25-43(46)44-26-8-11-29-47(44)55/h1-36H. The smallest absolute Gasteiger partial charge is 0.188 e. The van der Waals surface area contributed by atoms with Crippen LogP contribution in [0.2, 0.25) is 0 Å². The summed E-state index contributed by atoms with van der Waals surface area (Å²) in [5.74, 6) is 1.89.